The van der Waals surface area contributed by atoms with Gasteiger partial charge in [0.05, 0.1) is 14.2 Å². The van der Waals surface area contributed by atoms with Gasteiger partial charge in [-0.2, -0.15) is 0 Å². The van der Waals surface area contributed by atoms with E-state index in [-0.39, 0.29) is 5.91 Å². The second kappa shape index (κ2) is 8.89. The van der Waals surface area contributed by atoms with Crippen LogP contribution in [-0.4, -0.2) is 88.2 Å². The summed E-state index contributed by atoms with van der Waals surface area (Å²) in [5.41, 5.74) is 0.620. The summed E-state index contributed by atoms with van der Waals surface area (Å²) in [6.07, 6.45) is 0.985. The molecule has 1 aromatic rings. The molecule has 1 aliphatic heterocycles. The molecule has 1 saturated heterocycles. The summed E-state index contributed by atoms with van der Waals surface area (Å²) in [6, 6.07) is 5.28. The molecule has 1 aromatic carbocycles. The highest BCUT2D eigenvalue weighted by Gasteiger charge is 2.16. The van der Waals surface area contributed by atoms with Crippen LogP contribution in [0, 0.1) is 0 Å². The first kappa shape index (κ1) is 18.5. The van der Waals surface area contributed by atoms with Crippen LogP contribution in [0.25, 0.3) is 0 Å². The van der Waals surface area contributed by atoms with Gasteiger partial charge >= 0.3 is 0 Å². The monoisotopic (exact) mass is 335 g/mol. The Hall–Kier alpha value is -1.79. The molecule has 0 atom stereocenters. The van der Waals surface area contributed by atoms with Crippen molar-refractivity contribution in [1.29, 1.82) is 0 Å². The first-order valence-corrected chi connectivity index (χ1v) is 8.43. The Bertz CT molecular complexity index is 542. The average molecular weight is 335 g/mol. The SMILES string of the molecule is COc1ccc(C(=O)N(C)CCCN2CCN(C)CC2)cc1OC. The predicted molar refractivity (Wildman–Crippen MR) is 95.1 cm³/mol. The van der Waals surface area contributed by atoms with Crippen molar-refractivity contribution < 1.29 is 14.3 Å². The van der Waals surface area contributed by atoms with Crippen molar-refractivity contribution >= 4 is 5.91 Å². The van der Waals surface area contributed by atoms with Gasteiger partial charge in [0.2, 0.25) is 0 Å². The maximum Gasteiger partial charge on any atom is 0.253 e. The van der Waals surface area contributed by atoms with E-state index in [2.05, 4.69) is 16.8 Å². The zero-order chi connectivity index (χ0) is 17.5. The average Bonchev–Trinajstić information content (AvgIpc) is 2.62. The van der Waals surface area contributed by atoms with Gasteiger partial charge in [0.1, 0.15) is 0 Å². The van der Waals surface area contributed by atoms with Gasteiger partial charge in [-0.25, -0.2) is 0 Å². The Balaban J connectivity index is 1.83. The van der Waals surface area contributed by atoms with E-state index >= 15 is 0 Å². The lowest BCUT2D eigenvalue weighted by atomic mass is 10.1. The van der Waals surface area contributed by atoms with E-state index in [0.717, 1.165) is 45.7 Å². The van der Waals surface area contributed by atoms with Gasteiger partial charge in [0.15, 0.2) is 11.5 Å². The molecular weight excluding hydrogens is 306 g/mol. The minimum Gasteiger partial charge on any atom is -0.493 e. The highest BCUT2D eigenvalue weighted by atomic mass is 16.5. The normalized spacial score (nSPS) is 16.0. The number of piperazine rings is 1. The van der Waals surface area contributed by atoms with Crippen molar-refractivity contribution in [3.8, 4) is 11.5 Å². The molecule has 6 heteroatoms. The molecule has 0 saturated carbocycles. The molecule has 0 spiro atoms. The van der Waals surface area contributed by atoms with Crippen molar-refractivity contribution in [2.75, 3.05) is 67.6 Å². The predicted octanol–water partition coefficient (Wildman–Crippen LogP) is 1.41. The molecule has 0 bridgehead atoms. The Morgan fingerprint density at radius 2 is 1.79 bits per heavy atom. The molecule has 1 aliphatic rings. The summed E-state index contributed by atoms with van der Waals surface area (Å²) in [7, 11) is 7.17. The van der Waals surface area contributed by atoms with Crippen LogP contribution >= 0.6 is 0 Å². The van der Waals surface area contributed by atoms with Gasteiger partial charge < -0.3 is 24.2 Å². The third-order valence-corrected chi connectivity index (χ3v) is 4.54. The second-order valence-corrected chi connectivity index (χ2v) is 6.29. The van der Waals surface area contributed by atoms with E-state index in [1.807, 2.05) is 7.05 Å². The van der Waals surface area contributed by atoms with Crippen LogP contribution in [0.4, 0.5) is 0 Å². The van der Waals surface area contributed by atoms with Crippen molar-refractivity contribution in [3.63, 3.8) is 0 Å². The molecule has 24 heavy (non-hydrogen) atoms. The van der Waals surface area contributed by atoms with Crippen LogP contribution in [0.2, 0.25) is 0 Å². The number of benzene rings is 1. The lowest BCUT2D eigenvalue weighted by molar-refractivity contribution is 0.0783. The number of likely N-dealkylation sites (N-methyl/N-ethyl adjacent to an activating group) is 1. The van der Waals surface area contributed by atoms with Crippen molar-refractivity contribution in [1.82, 2.24) is 14.7 Å². The number of hydrogen-bond acceptors (Lipinski definition) is 5. The van der Waals surface area contributed by atoms with Crippen molar-refractivity contribution in [3.05, 3.63) is 23.8 Å². The fraction of sp³-hybridized carbons (Fsp3) is 0.611. The Morgan fingerprint density at radius 1 is 1.12 bits per heavy atom. The van der Waals surface area contributed by atoms with Crippen LogP contribution in [0.1, 0.15) is 16.8 Å². The van der Waals surface area contributed by atoms with Gasteiger partial charge in [0.25, 0.3) is 5.91 Å². The maximum absolute atomic E-state index is 12.5. The number of carbonyl (C=O) groups excluding carboxylic acids is 1. The molecule has 1 amide bonds. The summed E-state index contributed by atoms with van der Waals surface area (Å²) >= 11 is 0. The molecular formula is C18H29N3O3. The molecule has 0 aliphatic carbocycles. The number of rotatable bonds is 7. The van der Waals surface area contributed by atoms with Crippen molar-refractivity contribution in [2.45, 2.75) is 6.42 Å². The van der Waals surface area contributed by atoms with Crippen LogP contribution in [0.15, 0.2) is 18.2 Å². The third-order valence-electron chi connectivity index (χ3n) is 4.54. The van der Waals surface area contributed by atoms with Crippen molar-refractivity contribution in [2.24, 2.45) is 0 Å². The van der Waals surface area contributed by atoms with E-state index in [9.17, 15) is 4.79 Å². The van der Waals surface area contributed by atoms with E-state index in [0.29, 0.717) is 17.1 Å². The fourth-order valence-corrected chi connectivity index (χ4v) is 2.89. The molecule has 1 fully saturated rings. The van der Waals surface area contributed by atoms with E-state index in [1.54, 1.807) is 37.3 Å². The summed E-state index contributed by atoms with van der Waals surface area (Å²) < 4.78 is 10.5. The van der Waals surface area contributed by atoms with Crippen LogP contribution in [0.3, 0.4) is 0 Å². The van der Waals surface area contributed by atoms with E-state index in [4.69, 9.17) is 9.47 Å². The summed E-state index contributed by atoms with van der Waals surface area (Å²) in [5, 5.41) is 0. The minimum absolute atomic E-state index is 0.00864. The third kappa shape index (κ3) is 4.85. The zero-order valence-electron chi connectivity index (χ0n) is 15.2. The number of nitrogens with zero attached hydrogens (tertiary/aromatic N) is 3. The number of ether oxygens (including phenoxy) is 2. The smallest absolute Gasteiger partial charge is 0.253 e. The number of methoxy groups -OCH3 is 2. The van der Waals surface area contributed by atoms with E-state index in [1.165, 1.54) is 0 Å². The molecule has 0 aromatic heterocycles. The zero-order valence-corrected chi connectivity index (χ0v) is 15.2. The fourth-order valence-electron chi connectivity index (χ4n) is 2.89. The first-order chi connectivity index (χ1) is 11.5. The lowest BCUT2D eigenvalue weighted by Gasteiger charge is -2.32. The number of hydrogen-bond donors (Lipinski definition) is 0. The van der Waals surface area contributed by atoms with E-state index < -0.39 is 0 Å². The highest BCUT2D eigenvalue weighted by molar-refractivity contribution is 5.94. The molecule has 134 valence electrons. The quantitative estimate of drug-likeness (QED) is 0.754. The van der Waals surface area contributed by atoms with Crippen LogP contribution in [0.5, 0.6) is 11.5 Å². The number of amides is 1. The van der Waals surface area contributed by atoms with Crippen LogP contribution in [-0.2, 0) is 0 Å². The molecule has 0 radical (unpaired) electrons. The molecule has 1 heterocycles. The van der Waals surface area contributed by atoms with Gasteiger partial charge in [-0.3, -0.25) is 4.79 Å². The Morgan fingerprint density at radius 3 is 2.42 bits per heavy atom. The molecule has 2 rings (SSSR count). The standard InChI is InChI=1S/C18H29N3O3/c1-19-10-12-21(13-11-19)9-5-8-20(2)18(22)15-6-7-16(23-3)17(14-15)24-4/h6-7,14H,5,8-13H2,1-4H3. The minimum atomic E-state index is 0.00864. The largest absolute Gasteiger partial charge is 0.493 e. The lowest BCUT2D eigenvalue weighted by Crippen LogP contribution is -2.45. The maximum atomic E-state index is 12.5. The Kier molecular flexibility index (Phi) is 6.87. The van der Waals surface area contributed by atoms with Gasteiger partial charge in [-0.1, -0.05) is 0 Å². The Labute approximate surface area is 144 Å². The topological polar surface area (TPSA) is 45.2 Å². The summed E-state index contributed by atoms with van der Waals surface area (Å²) in [6.45, 7) is 6.27. The molecule has 0 unspecified atom stereocenters. The van der Waals surface area contributed by atoms with Gasteiger partial charge in [0, 0.05) is 45.3 Å². The van der Waals surface area contributed by atoms with Crippen LogP contribution < -0.4 is 9.47 Å². The highest BCUT2D eigenvalue weighted by Crippen LogP contribution is 2.27. The summed E-state index contributed by atoms with van der Waals surface area (Å²) in [5.74, 6) is 1.22. The van der Waals surface area contributed by atoms with Gasteiger partial charge in [-0.05, 0) is 38.2 Å². The van der Waals surface area contributed by atoms with Gasteiger partial charge in [-0.15, -0.1) is 0 Å². The summed E-state index contributed by atoms with van der Waals surface area (Å²) in [4.78, 5) is 19.1. The molecule has 6 nitrogen and oxygen atoms in total. The molecule has 0 N–H and O–H groups in total. The second-order valence-electron chi connectivity index (χ2n) is 6.29. The number of carbonyl (C=O) groups is 1. The first-order valence-electron chi connectivity index (χ1n) is 8.43.